The van der Waals surface area contributed by atoms with Crippen molar-refractivity contribution in [3.8, 4) is 0 Å². The normalized spacial score (nSPS) is 14.7. The van der Waals surface area contributed by atoms with Crippen molar-refractivity contribution in [2.75, 3.05) is 18.4 Å². The summed E-state index contributed by atoms with van der Waals surface area (Å²) >= 11 is 3.19. The average molecular weight is 434 g/mol. The number of nitrogens with zero attached hydrogens (tertiary/aromatic N) is 1. The van der Waals surface area contributed by atoms with Gasteiger partial charge < -0.3 is 20.0 Å². The molecule has 2 N–H and O–H groups in total. The van der Waals surface area contributed by atoms with E-state index in [1.165, 1.54) is 6.92 Å². The maximum absolute atomic E-state index is 12.5. The molecule has 0 radical (unpaired) electrons. The van der Waals surface area contributed by atoms with E-state index in [2.05, 4.69) is 26.6 Å². The number of likely N-dealkylation sites (tertiary alicyclic amines) is 1. The van der Waals surface area contributed by atoms with Crippen LogP contribution in [0.4, 0.5) is 5.69 Å². The van der Waals surface area contributed by atoms with Crippen LogP contribution in [0.3, 0.4) is 0 Å². The van der Waals surface area contributed by atoms with Crippen LogP contribution >= 0.6 is 15.9 Å². The lowest BCUT2D eigenvalue weighted by Gasteiger charge is -2.31. The molecule has 0 atom stereocenters. The van der Waals surface area contributed by atoms with Gasteiger partial charge in [-0.15, -0.1) is 0 Å². The zero-order valence-corrected chi connectivity index (χ0v) is 16.4. The molecule has 3 amide bonds. The molecular weight excluding hydrogens is 414 g/mol. The van der Waals surface area contributed by atoms with Crippen LogP contribution in [0.25, 0.3) is 0 Å². The summed E-state index contributed by atoms with van der Waals surface area (Å²) in [5.41, 5.74) is 1.07. The van der Waals surface area contributed by atoms with Crippen LogP contribution in [-0.2, 0) is 4.79 Å². The van der Waals surface area contributed by atoms with E-state index in [1.807, 2.05) is 0 Å². The molecule has 2 heterocycles. The van der Waals surface area contributed by atoms with Crippen molar-refractivity contribution < 1.29 is 18.8 Å². The molecule has 7 nitrogen and oxygen atoms in total. The first-order chi connectivity index (χ1) is 12.9. The zero-order chi connectivity index (χ0) is 19.4. The topological polar surface area (TPSA) is 91.7 Å². The molecule has 0 unspecified atom stereocenters. The fourth-order valence-electron chi connectivity index (χ4n) is 3.02. The first-order valence-electron chi connectivity index (χ1n) is 8.65. The second-order valence-electron chi connectivity index (χ2n) is 6.41. The Morgan fingerprint density at radius 3 is 2.52 bits per heavy atom. The smallest absolute Gasteiger partial charge is 0.289 e. The van der Waals surface area contributed by atoms with Crippen molar-refractivity contribution in [2.24, 2.45) is 0 Å². The molecule has 0 aliphatic carbocycles. The van der Waals surface area contributed by atoms with E-state index in [1.54, 1.807) is 41.3 Å². The Kier molecular flexibility index (Phi) is 5.95. The molecule has 0 saturated carbocycles. The Bertz CT molecular complexity index is 856. The molecule has 1 aliphatic rings. The van der Waals surface area contributed by atoms with Gasteiger partial charge in [-0.25, -0.2) is 0 Å². The number of carbonyl (C=O) groups excluding carboxylic acids is 3. The highest BCUT2D eigenvalue weighted by Crippen LogP contribution is 2.19. The summed E-state index contributed by atoms with van der Waals surface area (Å²) < 4.78 is 5.83. The fraction of sp³-hybridized carbons (Fsp3) is 0.316. The van der Waals surface area contributed by atoms with Crippen molar-refractivity contribution in [3.05, 3.63) is 52.4 Å². The summed E-state index contributed by atoms with van der Waals surface area (Å²) in [4.78, 5) is 37.7. The molecule has 1 aromatic carbocycles. The minimum Gasteiger partial charge on any atom is -0.444 e. The third-order valence-electron chi connectivity index (χ3n) is 4.35. The Labute approximate surface area is 165 Å². The SMILES string of the molecule is CC(=O)Nc1cccc(C(=O)NC2CCN(C(=O)c3ccc(Br)o3)CC2)c1. The molecule has 1 fully saturated rings. The van der Waals surface area contributed by atoms with Crippen LogP contribution in [-0.4, -0.2) is 41.8 Å². The lowest BCUT2D eigenvalue weighted by Crippen LogP contribution is -2.46. The molecule has 1 aromatic heterocycles. The summed E-state index contributed by atoms with van der Waals surface area (Å²) in [5.74, 6) is -0.220. The molecular formula is C19H20BrN3O4. The Balaban J connectivity index is 1.53. The summed E-state index contributed by atoms with van der Waals surface area (Å²) in [5, 5.41) is 5.66. The molecule has 0 spiro atoms. The lowest BCUT2D eigenvalue weighted by atomic mass is 10.0. The number of furan rings is 1. The molecule has 1 aliphatic heterocycles. The van der Waals surface area contributed by atoms with Crippen LogP contribution in [0.15, 0.2) is 45.5 Å². The summed E-state index contributed by atoms with van der Waals surface area (Å²) in [7, 11) is 0. The van der Waals surface area contributed by atoms with Crippen molar-refractivity contribution in [3.63, 3.8) is 0 Å². The quantitative estimate of drug-likeness (QED) is 0.774. The molecule has 1 saturated heterocycles. The van der Waals surface area contributed by atoms with E-state index < -0.39 is 0 Å². The van der Waals surface area contributed by atoms with Gasteiger partial charge in [-0.05, 0) is 59.1 Å². The van der Waals surface area contributed by atoms with Crippen molar-refractivity contribution in [1.82, 2.24) is 10.2 Å². The second-order valence-corrected chi connectivity index (χ2v) is 7.19. The molecule has 3 rings (SSSR count). The largest absolute Gasteiger partial charge is 0.444 e. The van der Waals surface area contributed by atoms with Gasteiger partial charge in [0.15, 0.2) is 10.4 Å². The molecule has 8 heteroatoms. The second kappa shape index (κ2) is 8.39. The van der Waals surface area contributed by atoms with Crippen molar-refractivity contribution in [2.45, 2.75) is 25.8 Å². The molecule has 27 heavy (non-hydrogen) atoms. The van der Waals surface area contributed by atoms with Crippen molar-refractivity contribution >= 4 is 39.3 Å². The van der Waals surface area contributed by atoms with E-state index in [9.17, 15) is 14.4 Å². The lowest BCUT2D eigenvalue weighted by molar-refractivity contribution is -0.114. The van der Waals surface area contributed by atoms with Crippen LogP contribution in [0.5, 0.6) is 0 Å². The first kappa shape index (κ1) is 19.2. The number of piperidine rings is 1. The maximum Gasteiger partial charge on any atom is 0.289 e. The third-order valence-corrected chi connectivity index (χ3v) is 4.77. The number of carbonyl (C=O) groups is 3. The fourth-order valence-corrected chi connectivity index (χ4v) is 3.33. The highest BCUT2D eigenvalue weighted by atomic mass is 79.9. The van der Waals surface area contributed by atoms with E-state index >= 15 is 0 Å². The average Bonchev–Trinajstić information content (AvgIpc) is 3.08. The minimum absolute atomic E-state index is 0.00527. The minimum atomic E-state index is -0.193. The van der Waals surface area contributed by atoms with Crippen LogP contribution < -0.4 is 10.6 Å². The number of nitrogens with one attached hydrogen (secondary N) is 2. The van der Waals surface area contributed by atoms with E-state index in [4.69, 9.17) is 4.42 Å². The van der Waals surface area contributed by atoms with Gasteiger partial charge in [0.1, 0.15) is 0 Å². The summed E-state index contributed by atoms with van der Waals surface area (Å²) in [6, 6.07) is 10.1. The maximum atomic E-state index is 12.5. The van der Waals surface area contributed by atoms with Gasteiger partial charge in [0, 0.05) is 37.3 Å². The number of rotatable bonds is 4. The summed E-state index contributed by atoms with van der Waals surface area (Å²) in [6.45, 7) is 2.52. The van der Waals surface area contributed by atoms with Gasteiger partial charge in [-0.3, -0.25) is 14.4 Å². The van der Waals surface area contributed by atoms with Gasteiger partial charge in [-0.1, -0.05) is 6.07 Å². The Morgan fingerprint density at radius 2 is 1.89 bits per heavy atom. The predicted octanol–water partition coefficient (Wildman–Crippen LogP) is 3.04. The van der Waals surface area contributed by atoms with Crippen LogP contribution in [0.1, 0.15) is 40.7 Å². The number of hydrogen-bond acceptors (Lipinski definition) is 4. The molecule has 2 aromatic rings. The third kappa shape index (κ3) is 4.97. The van der Waals surface area contributed by atoms with Gasteiger partial charge in [0.2, 0.25) is 5.91 Å². The zero-order valence-electron chi connectivity index (χ0n) is 14.8. The number of benzene rings is 1. The van der Waals surface area contributed by atoms with E-state index in [-0.39, 0.29) is 23.8 Å². The standard InChI is InChI=1S/C19H20BrN3O4/c1-12(24)21-15-4-2-3-13(11-15)18(25)22-14-7-9-23(10-8-14)19(26)16-5-6-17(20)27-16/h2-6,11,14H,7-10H2,1H3,(H,21,24)(H,22,25). The number of amides is 3. The molecule has 142 valence electrons. The van der Waals surface area contributed by atoms with Crippen LogP contribution in [0.2, 0.25) is 0 Å². The van der Waals surface area contributed by atoms with E-state index in [0.29, 0.717) is 47.6 Å². The van der Waals surface area contributed by atoms with Crippen LogP contribution in [0, 0.1) is 0 Å². The number of halogens is 1. The van der Waals surface area contributed by atoms with Gasteiger partial charge >= 0.3 is 0 Å². The van der Waals surface area contributed by atoms with Crippen molar-refractivity contribution in [1.29, 1.82) is 0 Å². The van der Waals surface area contributed by atoms with Gasteiger partial charge in [0.25, 0.3) is 11.8 Å². The summed E-state index contributed by atoms with van der Waals surface area (Å²) in [6.07, 6.45) is 1.34. The number of anilines is 1. The Morgan fingerprint density at radius 1 is 1.15 bits per heavy atom. The van der Waals surface area contributed by atoms with Gasteiger partial charge in [-0.2, -0.15) is 0 Å². The highest BCUT2D eigenvalue weighted by Gasteiger charge is 2.26. The molecule has 0 bridgehead atoms. The first-order valence-corrected chi connectivity index (χ1v) is 9.45. The van der Waals surface area contributed by atoms with Gasteiger partial charge in [0.05, 0.1) is 0 Å². The predicted molar refractivity (Wildman–Crippen MR) is 104 cm³/mol. The highest BCUT2D eigenvalue weighted by molar-refractivity contribution is 9.10. The van der Waals surface area contributed by atoms with E-state index in [0.717, 1.165) is 0 Å². The monoisotopic (exact) mass is 433 g/mol. The number of hydrogen-bond donors (Lipinski definition) is 2. The Hall–Kier alpha value is -2.61.